The summed E-state index contributed by atoms with van der Waals surface area (Å²) in [6.45, 7) is 4.31. The van der Waals surface area contributed by atoms with E-state index < -0.39 is 0 Å². The molecule has 194 valence electrons. The number of nitrogens with zero attached hydrogens (tertiary/aromatic N) is 4. The topological polar surface area (TPSA) is 138 Å². The maximum Gasteiger partial charge on any atom is 0.292 e. The number of anilines is 3. The van der Waals surface area contributed by atoms with Crippen molar-refractivity contribution in [2.75, 3.05) is 16.8 Å². The van der Waals surface area contributed by atoms with Gasteiger partial charge in [-0.1, -0.05) is 42.5 Å². The molecule has 0 spiro atoms. The van der Waals surface area contributed by atoms with Gasteiger partial charge in [-0.3, -0.25) is 9.36 Å². The van der Waals surface area contributed by atoms with Crippen LogP contribution in [0.2, 0.25) is 0 Å². The summed E-state index contributed by atoms with van der Waals surface area (Å²) in [7, 11) is 0. The molecule has 0 fully saturated rings. The van der Waals surface area contributed by atoms with Crippen molar-refractivity contribution in [3.8, 4) is 5.69 Å². The van der Waals surface area contributed by atoms with E-state index in [2.05, 4.69) is 26.3 Å². The minimum Gasteiger partial charge on any atom is -0.424 e. The van der Waals surface area contributed by atoms with Crippen LogP contribution in [-0.2, 0) is 13.0 Å². The highest BCUT2D eigenvalue weighted by molar-refractivity contribution is 5.85. The van der Waals surface area contributed by atoms with Crippen LogP contribution in [0.15, 0.2) is 82.3 Å². The molecule has 5 N–H and O–H groups in total. The molecule has 6 aromatic rings. The third-order valence-electron chi connectivity index (χ3n) is 6.95. The Kier molecular flexibility index (Phi) is 5.95. The van der Waals surface area contributed by atoms with Gasteiger partial charge in [0.1, 0.15) is 23.5 Å². The zero-order valence-corrected chi connectivity index (χ0v) is 21.6. The maximum atomic E-state index is 13.9. The highest BCUT2D eigenvalue weighted by Gasteiger charge is 2.16. The summed E-state index contributed by atoms with van der Waals surface area (Å²) >= 11 is 0. The van der Waals surface area contributed by atoms with E-state index in [1.165, 1.54) is 6.33 Å². The van der Waals surface area contributed by atoms with E-state index in [0.717, 1.165) is 39.0 Å². The lowest BCUT2D eigenvalue weighted by Crippen LogP contribution is -2.25. The number of aromatic nitrogens is 4. The number of fused-ring (bicyclic) bond motifs is 2. The summed E-state index contributed by atoms with van der Waals surface area (Å²) in [6, 6.07) is 21.6. The molecule has 3 heterocycles. The maximum absolute atomic E-state index is 13.9. The first-order valence-corrected chi connectivity index (χ1v) is 12.6. The molecule has 0 unspecified atom stereocenters. The second-order valence-corrected chi connectivity index (χ2v) is 9.57. The number of nitrogen functional groups attached to an aromatic ring is 2. The number of nitrogens with one attached hydrogen (secondary N) is 1. The van der Waals surface area contributed by atoms with Gasteiger partial charge in [0.05, 0.1) is 17.6 Å². The van der Waals surface area contributed by atoms with Crippen LogP contribution in [0.5, 0.6) is 0 Å². The number of oxazole rings is 1. The van der Waals surface area contributed by atoms with Gasteiger partial charge in [0.25, 0.3) is 11.6 Å². The molecule has 9 nitrogen and oxygen atoms in total. The molecule has 0 saturated heterocycles. The van der Waals surface area contributed by atoms with E-state index in [9.17, 15) is 4.79 Å². The Morgan fingerprint density at radius 1 is 0.949 bits per heavy atom. The molecule has 3 aromatic carbocycles. The van der Waals surface area contributed by atoms with Gasteiger partial charge in [-0.05, 0) is 60.2 Å². The number of nitrogens with two attached hydrogens (primary N) is 2. The summed E-state index contributed by atoms with van der Waals surface area (Å²) in [5.41, 5.74) is 18.5. The van der Waals surface area contributed by atoms with Gasteiger partial charge in [-0.25, -0.2) is 9.97 Å². The Hall–Kier alpha value is -5.18. The molecular formula is C30H27N7O2. The van der Waals surface area contributed by atoms with Crippen molar-refractivity contribution in [3.05, 3.63) is 111 Å². The summed E-state index contributed by atoms with van der Waals surface area (Å²) in [6.07, 6.45) is 1.90. The third kappa shape index (κ3) is 4.44. The molecule has 6 rings (SSSR count). The summed E-state index contributed by atoms with van der Waals surface area (Å²) in [5.74, 6) is 0.966. The second-order valence-electron chi connectivity index (χ2n) is 9.57. The molecule has 0 aliphatic carbocycles. The minimum absolute atomic E-state index is 0.0562. The number of para-hydroxylation sites is 1. The standard InChI is InChI=1S/C30H27N7O2/c1-17-6-3-4-9-24(17)37-21(14-20-8-5-7-18(2)26(20)29(37)38)15-33-28-22(27(31)34-16-35-28)12-19-10-11-25-23(13-19)36-30(32)39-25/h3-11,13-14,16H,12,15H2,1-2H3,(H2,32,36)(H3,31,33,34,35). The Balaban J connectivity index is 1.40. The zero-order valence-electron chi connectivity index (χ0n) is 21.6. The molecule has 0 amide bonds. The van der Waals surface area contributed by atoms with Gasteiger partial charge >= 0.3 is 0 Å². The van der Waals surface area contributed by atoms with Crippen LogP contribution in [0, 0.1) is 13.8 Å². The number of hydrogen-bond donors (Lipinski definition) is 3. The first kappa shape index (κ1) is 24.2. The largest absolute Gasteiger partial charge is 0.424 e. The lowest BCUT2D eigenvalue weighted by atomic mass is 10.0. The lowest BCUT2D eigenvalue weighted by Gasteiger charge is -2.19. The quantitative estimate of drug-likeness (QED) is 0.283. The van der Waals surface area contributed by atoms with Gasteiger partial charge in [-0.15, -0.1) is 0 Å². The molecule has 0 atom stereocenters. The van der Waals surface area contributed by atoms with Crippen molar-refractivity contribution in [3.63, 3.8) is 0 Å². The van der Waals surface area contributed by atoms with Crippen LogP contribution < -0.4 is 22.3 Å². The van der Waals surface area contributed by atoms with Gasteiger partial charge in [0, 0.05) is 17.7 Å². The molecule has 0 aliphatic heterocycles. The van der Waals surface area contributed by atoms with Crippen LogP contribution in [-0.4, -0.2) is 19.5 Å². The molecule has 3 aromatic heterocycles. The molecule has 0 saturated carbocycles. The second kappa shape index (κ2) is 9.60. The van der Waals surface area contributed by atoms with Crippen LogP contribution in [0.4, 0.5) is 17.7 Å². The monoisotopic (exact) mass is 517 g/mol. The Morgan fingerprint density at radius 2 is 1.77 bits per heavy atom. The van der Waals surface area contributed by atoms with Crippen molar-refractivity contribution in [2.24, 2.45) is 0 Å². The normalized spacial score (nSPS) is 11.3. The summed E-state index contributed by atoms with van der Waals surface area (Å²) < 4.78 is 7.17. The van der Waals surface area contributed by atoms with E-state index in [0.29, 0.717) is 41.1 Å². The Morgan fingerprint density at radius 3 is 2.62 bits per heavy atom. The van der Waals surface area contributed by atoms with Crippen molar-refractivity contribution < 1.29 is 4.42 Å². The predicted molar refractivity (Wildman–Crippen MR) is 154 cm³/mol. The molecule has 9 heteroatoms. The van der Waals surface area contributed by atoms with Crippen molar-refractivity contribution in [1.82, 2.24) is 19.5 Å². The van der Waals surface area contributed by atoms with E-state index in [4.69, 9.17) is 15.9 Å². The average molecular weight is 518 g/mol. The Labute approximate surface area is 224 Å². The van der Waals surface area contributed by atoms with Crippen LogP contribution in [0.25, 0.3) is 27.6 Å². The number of pyridine rings is 1. The highest BCUT2D eigenvalue weighted by Crippen LogP contribution is 2.26. The number of rotatable bonds is 6. The van der Waals surface area contributed by atoms with Gasteiger partial charge in [0.2, 0.25) is 0 Å². The molecule has 0 radical (unpaired) electrons. The van der Waals surface area contributed by atoms with Crippen molar-refractivity contribution in [2.45, 2.75) is 26.8 Å². The van der Waals surface area contributed by atoms with E-state index >= 15 is 0 Å². The van der Waals surface area contributed by atoms with E-state index in [1.807, 2.05) is 74.5 Å². The van der Waals surface area contributed by atoms with Crippen molar-refractivity contribution >= 4 is 39.5 Å². The van der Waals surface area contributed by atoms with Crippen LogP contribution >= 0.6 is 0 Å². The fraction of sp³-hybridized carbons (Fsp3) is 0.133. The average Bonchev–Trinajstić information content (AvgIpc) is 3.29. The zero-order chi connectivity index (χ0) is 27.1. The van der Waals surface area contributed by atoms with E-state index in [-0.39, 0.29) is 11.6 Å². The predicted octanol–water partition coefficient (Wildman–Crippen LogP) is 4.91. The van der Waals surface area contributed by atoms with E-state index in [1.54, 1.807) is 4.57 Å². The molecule has 39 heavy (non-hydrogen) atoms. The SMILES string of the molecule is Cc1ccccc1-n1c(CNc2ncnc(N)c2Cc2ccc3oc(N)nc3c2)cc2cccc(C)c2c1=O. The van der Waals surface area contributed by atoms with Crippen LogP contribution in [0.1, 0.15) is 27.9 Å². The Bertz CT molecular complexity index is 1920. The summed E-state index contributed by atoms with van der Waals surface area (Å²) in [4.78, 5) is 26.8. The molecule has 0 aliphatic rings. The third-order valence-corrected chi connectivity index (χ3v) is 6.95. The van der Waals surface area contributed by atoms with Gasteiger partial charge in [-0.2, -0.15) is 4.98 Å². The van der Waals surface area contributed by atoms with Crippen LogP contribution in [0.3, 0.4) is 0 Å². The molecular weight excluding hydrogens is 490 g/mol. The fourth-order valence-corrected chi connectivity index (χ4v) is 5.03. The number of aryl methyl sites for hydroxylation is 2. The smallest absolute Gasteiger partial charge is 0.292 e. The first-order valence-electron chi connectivity index (χ1n) is 12.6. The van der Waals surface area contributed by atoms with Gasteiger partial charge in [0.15, 0.2) is 5.58 Å². The highest BCUT2D eigenvalue weighted by atomic mass is 16.4. The van der Waals surface area contributed by atoms with Gasteiger partial charge < -0.3 is 21.2 Å². The molecule has 0 bridgehead atoms. The number of benzene rings is 3. The van der Waals surface area contributed by atoms with Crippen molar-refractivity contribution in [1.29, 1.82) is 0 Å². The lowest BCUT2D eigenvalue weighted by molar-refractivity contribution is 0.626. The summed E-state index contributed by atoms with van der Waals surface area (Å²) in [5, 5.41) is 5.02. The number of hydrogen-bond acceptors (Lipinski definition) is 8. The fourth-order valence-electron chi connectivity index (χ4n) is 5.03. The minimum atomic E-state index is -0.0562. The first-order chi connectivity index (χ1) is 18.9.